The van der Waals surface area contributed by atoms with Crippen LogP contribution >= 0.6 is 0 Å². The third-order valence-electron chi connectivity index (χ3n) is 3.86. The average Bonchev–Trinajstić information content (AvgIpc) is 2.46. The highest BCUT2D eigenvalue weighted by Gasteiger charge is 2.23. The predicted molar refractivity (Wildman–Crippen MR) is 92.3 cm³/mol. The Hall–Kier alpha value is -1.88. The van der Waals surface area contributed by atoms with E-state index in [2.05, 4.69) is 24.5 Å². The number of hydrogen-bond donors (Lipinski definition) is 3. The molecule has 0 aromatic heterocycles. The molecular weight excluding hydrogens is 292 g/mol. The van der Waals surface area contributed by atoms with Crippen molar-refractivity contribution >= 4 is 17.5 Å². The van der Waals surface area contributed by atoms with Gasteiger partial charge in [0.1, 0.15) is 0 Å². The second-order valence-corrected chi connectivity index (χ2v) is 6.87. The first-order valence-electron chi connectivity index (χ1n) is 7.99. The van der Waals surface area contributed by atoms with Gasteiger partial charge >= 0.3 is 11.8 Å². The lowest BCUT2D eigenvalue weighted by Crippen LogP contribution is -2.44. The van der Waals surface area contributed by atoms with Crippen molar-refractivity contribution in [3.8, 4) is 0 Å². The molecule has 1 unspecified atom stereocenters. The largest absolute Gasteiger partial charge is 0.388 e. The van der Waals surface area contributed by atoms with Gasteiger partial charge in [0, 0.05) is 12.2 Å². The number of carbonyl (C=O) groups is 2. The van der Waals surface area contributed by atoms with Gasteiger partial charge in [-0.25, -0.2) is 0 Å². The molecule has 1 atom stereocenters. The molecule has 3 N–H and O–H groups in total. The first-order chi connectivity index (χ1) is 10.6. The zero-order valence-electron chi connectivity index (χ0n) is 14.7. The van der Waals surface area contributed by atoms with Crippen LogP contribution in [0.25, 0.3) is 0 Å². The number of benzene rings is 1. The standard InChI is InChI=1S/C18H28N2O3/c1-12(2)8-9-18(5,23)11-19-16(21)17(22)20-15-7-6-13(3)14(4)10-15/h6-7,10,12,23H,8-9,11H2,1-5H3,(H,19,21)(H,20,22). The zero-order chi connectivity index (χ0) is 17.6. The van der Waals surface area contributed by atoms with E-state index < -0.39 is 17.4 Å². The maximum absolute atomic E-state index is 11.9. The van der Waals surface area contributed by atoms with Crippen LogP contribution in [0.15, 0.2) is 18.2 Å². The number of carbonyl (C=O) groups excluding carboxylic acids is 2. The maximum Gasteiger partial charge on any atom is 0.313 e. The second kappa shape index (κ2) is 8.11. The van der Waals surface area contributed by atoms with Gasteiger partial charge in [-0.1, -0.05) is 19.9 Å². The van der Waals surface area contributed by atoms with E-state index in [1.165, 1.54) is 0 Å². The summed E-state index contributed by atoms with van der Waals surface area (Å²) < 4.78 is 0. The minimum absolute atomic E-state index is 0.0545. The van der Waals surface area contributed by atoms with Gasteiger partial charge in [0.15, 0.2) is 0 Å². The molecule has 23 heavy (non-hydrogen) atoms. The van der Waals surface area contributed by atoms with Crippen LogP contribution < -0.4 is 10.6 Å². The predicted octanol–water partition coefficient (Wildman–Crippen LogP) is 2.55. The molecule has 5 nitrogen and oxygen atoms in total. The van der Waals surface area contributed by atoms with Crippen molar-refractivity contribution in [2.75, 3.05) is 11.9 Å². The van der Waals surface area contributed by atoms with Gasteiger partial charge in [-0.2, -0.15) is 0 Å². The molecular formula is C18H28N2O3. The fraction of sp³-hybridized carbons (Fsp3) is 0.556. The first-order valence-corrected chi connectivity index (χ1v) is 7.99. The van der Waals surface area contributed by atoms with Crippen LogP contribution in [-0.2, 0) is 9.59 Å². The van der Waals surface area contributed by atoms with E-state index in [9.17, 15) is 14.7 Å². The van der Waals surface area contributed by atoms with E-state index in [1.54, 1.807) is 13.0 Å². The minimum atomic E-state index is -1.01. The Kier molecular flexibility index (Phi) is 6.76. The summed E-state index contributed by atoms with van der Waals surface area (Å²) in [5, 5.41) is 15.3. The minimum Gasteiger partial charge on any atom is -0.388 e. The highest BCUT2D eigenvalue weighted by Crippen LogP contribution is 2.16. The van der Waals surface area contributed by atoms with Gasteiger partial charge in [-0.3, -0.25) is 9.59 Å². The van der Waals surface area contributed by atoms with Crippen molar-refractivity contribution in [1.82, 2.24) is 5.32 Å². The van der Waals surface area contributed by atoms with Crippen LogP contribution in [0.2, 0.25) is 0 Å². The van der Waals surface area contributed by atoms with Gasteiger partial charge < -0.3 is 15.7 Å². The van der Waals surface area contributed by atoms with Crippen molar-refractivity contribution in [3.05, 3.63) is 29.3 Å². The van der Waals surface area contributed by atoms with E-state index in [1.807, 2.05) is 26.0 Å². The third kappa shape index (κ3) is 6.82. The number of anilines is 1. The average molecular weight is 320 g/mol. The van der Waals surface area contributed by atoms with E-state index >= 15 is 0 Å². The molecule has 0 spiro atoms. The van der Waals surface area contributed by atoms with Crippen molar-refractivity contribution in [2.24, 2.45) is 5.92 Å². The molecule has 1 aromatic rings. The van der Waals surface area contributed by atoms with E-state index in [0.29, 0.717) is 18.0 Å². The van der Waals surface area contributed by atoms with Gasteiger partial charge in [0.2, 0.25) is 0 Å². The molecule has 1 aromatic carbocycles. The van der Waals surface area contributed by atoms with Crippen molar-refractivity contribution in [3.63, 3.8) is 0 Å². The lowest BCUT2D eigenvalue weighted by molar-refractivity contribution is -0.136. The molecule has 0 aliphatic carbocycles. The Morgan fingerprint density at radius 3 is 2.39 bits per heavy atom. The molecule has 0 aliphatic heterocycles. The Morgan fingerprint density at radius 2 is 1.83 bits per heavy atom. The van der Waals surface area contributed by atoms with Crippen LogP contribution in [-0.4, -0.2) is 29.1 Å². The fourth-order valence-corrected chi connectivity index (χ4v) is 2.05. The van der Waals surface area contributed by atoms with Gasteiger partial charge in [-0.05, 0) is 62.8 Å². The molecule has 128 valence electrons. The molecule has 0 bridgehead atoms. The molecule has 0 radical (unpaired) electrons. The molecule has 0 heterocycles. The lowest BCUT2D eigenvalue weighted by Gasteiger charge is -2.24. The van der Waals surface area contributed by atoms with E-state index in [-0.39, 0.29) is 6.54 Å². The lowest BCUT2D eigenvalue weighted by atomic mass is 9.95. The summed E-state index contributed by atoms with van der Waals surface area (Å²) in [6.45, 7) is 9.79. The highest BCUT2D eigenvalue weighted by atomic mass is 16.3. The molecule has 0 saturated heterocycles. The summed E-state index contributed by atoms with van der Waals surface area (Å²) in [6.07, 6.45) is 1.43. The van der Waals surface area contributed by atoms with Crippen LogP contribution in [0.3, 0.4) is 0 Å². The van der Waals surface area contributed by atoms with Crippen LogP contribution in [0.4, 0.5) is 5.69 Å². The number of aliphatic hydroxyl groups is 1. The van der Waals surface area contributed by atoms with Crippen LogP contribution in [0.1, 0.15) is 44.7 Å². The van der Waals surface area contributed by atoms with E-state index in [0.717, 1.165) is 17.5 Å². The second-order valence-electron chi connectivity index (χ2n) is 6.87. The molecule has 0 saturated carbocycles. The van der Waals surface area contributed by atoms with Gasteiger partial charge in [-0.15, -0.1) is 0 Å². The SMILES string of the molecule is Cc1ccc(NC(=O)C(=O)NCC(C)(O)CCC(C)C)cc1C. The topological polar surface area (TPSA) is 78.4 Å². The normalized spacial score (nSPS) is 13.5. The Balaban J connectivity index is 2.50. The summed E-state index contributed by atoms with van der Waals surface area (Å²) in [4.78, 5) is 23.7. The first kappa shape index (κ1) is 19.2. The summed E-state index contributed by atoms with van der Waals surface area (Å²) in [6, 6.07) is 5.46. The van der Waals surface area contributed by atoms with Crippen LogP contribution in [0.5, 0.6) is 0 Å². The van der Waals surface area contributed by atoms with Crippen molar-refractivity contribution in [2.45, 2.75) is 53.1 Å². The number of amides is 2. The number of aryl methyl sites for hydroxylation is 2. The summed E-state index contributed by atoms with van der Waals surface area (Å²) >= 11 is 0. The number of rotatable bonds is 6. The maximum atomic E-state index is 11.9. The molecule has 1 rings (SSSR count). The number of nitrogens with one attached hydrogen (secondary N) is 2. The van der Waals surface area contributed by atoms with Gasteiger partial charge in [0.25, 0.3) is 0 Å². The van der Waals surface area contributed by atoms with Crippen molar-refractivity contribution < 1.29 is 14.7 Å². The molecule has 5 heteroatoms. The summed E-state index contributed by atoms with van der Waals surface area (Å²) in [5.41, 5.74) is 1.73. The van der Waals surface area contributed by atoms with E-state index in [4.69, 9.17) is 0 Å². The Bertz CT molecular complexity index is 565. The highest BCUT2D eigenvalue weighted by molar-refractivity contribution is 6.39. The Labute approximate surface area is 138 Å². The fourth-order valence-electron chi connectivity index (χ4n) is 2.05. The molecule has 2 amide bonds. The zero-order valence-corrected chi connectivity index (χ0v) is 14.7. The third-order valence-corrected chi connectivity index (χ3v) is 3.86. The van der Waals surface area contributed by atoms with Crippen LogP contribution in [0, 0.1) is 19.8 Å². The van der Waals surface area contributed by atoms with Gasteiger partial charge in [0.05, 0.1) is 5.60 Å². The summed E-state index contributed by atoms with van der Waals surface area (Å²) in [5.74, 6) is -0.994. The summed E-state index contributed by atoms with van der Waals surface area (Å²) in [7, 11) is 0. The van der Waals surface area contributed by atoms with Crippen molar-refractivity contribution in [1.29, 1.82) is 0 Å². The number of hydrogen-bond acceptors (Lipinski definition) is 3. The Morgan fingerprint density at radius 1 is 1.17 bits per heavy atom. The molecule has 0 aliphatic rings. The quantitative estimate of drug-likeness (QED) is 0.705. The smallest absolute Gasteiger partial charge is 0.313 e. The monoisotopic (exact) mass is 320 g/mol. The molecule has 0 fully saturated rings.